The summed E-state index contributed by atoms with van der Waals surface area (Å²) in [6.07, 6.45) is -1.19. The lowest BCUT2D eigenvalue weighted by molar-refractivity contribution is -0.893. The van der Waals surface area contributed by atoms with Crippen molar-refractivity contribution in [2.24, 2.45) is 0 Å². The van der Waals surface area contributed by atoms with Gasteiger partial charge in [-0.05, 0) is 0 Å². The van der Waals surface area contributed by atoms with Gasteiger partial charge in [0.15, 0.2) is 0 Å². The van der Waals surface area contributed by atoms with E-state index in [0.717, 1.165) is 0 Å². The Kier molecular flexibility index (Phi) is 4.22. The van der Waals surface area contributed by atoms with Gasteiger partial charge in [-0.3, -0.25) is 4.79 Å². The van der Waals surface area contributed by atoms with Gasteiger partial charge in [0.1, 0.15) is 0 Å². The van der Waals surface area contributed by atoms with Crippen molar-refractivity contribution >= 4 is 17.9 Å². The van der Waals surface area contributed by atoms with Crippen molar-refractivity contribution in [3.63, 3.8) is 0 Å². The summed E-state index contributed by atoms with van der Waals surface area (Å²) in [6.45, 7) is 0. The molecule has 8 nitrogen and oxygen atoms in total. The Balaban J connectivity index is 5.63. The zero-order valence-corrected chi connectivity index (χ0v) is 9.75. The largest absolute Gasteiger partial charge is 0.481 e. The highest BCUT2D eigenvalue weighted by Gasteiger charge is 2.57. The Hall–Kier alpha value is -1.67. The maximum absolute atomic E-state index is 11.0. The fourth-order valence-electron chi connectivity index (χ4n) is 1.70. The minimum atomic E-state index is -2.87. The van der Waals surface area contributed by atoms with Crippen molar-refractivity contribution in [1.82, 2.24) is 0 Å². The van der Waals surface area contributed by atoms with Gasteiger partial charge in [-0.1, -0.05) is 0 Å². The molecule has 98 valence electrons. The van der Waals surface area contributed by atoms with Crippen LogP contribution in [0.5, 0.6) is 0 Å². The average Bonchev–Trinajstić information content (AvgIpc) is 1.96. The number of carboxylic acid groups (broad SMARTS) is 3. The van der Waals surface area contributed by atoms with Crippen LogP contribution < -0.4 is 0 Å². The van der Waals surface area contributed by atoms with E-state index < -0.39 is 40.5 Å². The molecule has 0 saturated carbocycles. The number of aliphatic carboxylic acids is 3. The van der Waals surface area contributed by atoms with Gasteiger partial charge in [-0.25, -0.2) is 9.59 Å². The lowest BCUT2D eigenvalue weighted by atomic mass is 9.88. The summed E-state index contributed by atoms with van der Waals surface area (Å²) < 4.78 is -0.425. The van der Waals surface area contributed by atoms with Gasteiger partial charge in [-0.2, -0.15) is 0 Å². The SMILES string of the molecule is C[N+](C)(C)C(C(=O)O)C(O)(CC(=O)O)C(=O)O. The molecule has 4 N–H and O–H groups in total. The van der Waals surface area contributed by atoms with Crippen molar-refractivity contribution in [2.75, 3.05) is 21.1 Å². The highest BCUT2D eigenvalue weighted by molar-refractivity contribution is 5.90. The maximum Gasteiger partial charge on any atom is 0.366 e. The number of hydrogen-bond donors (Lipinski definition) is 4. The third-order valence-electron chi connectivity index (χ3n) is 2.25. The van der Waals surface area contributed by atoms with Crippen LogP contribution >= 0.6 is 0 Å². The minimum Gasteiger partial charge on any atom is -0.481 e. The van der Waals surface area contributed by atoms with Gasteiger partial charge in [0.25, 0.3) is 0 Å². The van der Waals surface area contributed by atoms with Gasteiger partial charge in [0.05, 0.1) is 27.6 Å². The molecule has 0 aromatic carbocycles. The summed E-state index contributed by atoms with van der Waals surface area (Å²) in [5.74, 6) is -5.04. The van der Waals surface area contributed by atoms with E-state index in [-0.39, 0.29) is 0 Å². The average molecular weight is 250 g/mol. The Morgan fingerprint density at radius 2 is 1.53 bits per heavy atom. The van der Waals surface area contributed by atoms with E-state index >= 15 is 0 Å². The van der Waals surface area contributed by atoms with Crippen molar-refractivity contribution in [3.05, 3.63) is 0 Å². The minimum absolute atomic E-state index is 0.425. The number of nitrogens with zero attached hydrogens (tertiary/aromatic N) is 1. The van der Waals surface area contributed by atoms with Crippen LogP contribution in [-0.4, -0.2) is 75.6 Å². The smallest absolute Gasteiger partial charge is 0.366 e. The first-order valence-electron chi connectivity index (χ1n) is 4.64. The number of aliphatic hydroxyl groups is 1. The second kappa shape index (κ2) is 4.68. The molecule has 0 saturated heterocycles. The number of likely N-dealkylation sites (N-methyl/N-ethyl adjacent to an activating group) is 1. The monoisotopic (exact) mass is 250 g/mol. The first-order valence-corrected chi connectivity index (χ1v) is 4.64. The Bertz CT molecular complexity index is 346. The summed E-state index contributed by atoms with van der Waals surface area (Å²) in [4.78, 5) is 32.6. The predicted molar refractivity (Wildman–Crippen MR) is 54.3 cm³/mol. The molecule has 0 rings (SSSR count). The molecule has 8 heteroatoms. The number of hydrogen-bond acceptors (Lipinski definition) is 4. The van der Waals surface area contributed by atoms with E-state index in [1.54, 1.807) is 0 Å². The van der Waals surface area contributed by atoms with Crippen molar-refractivity contribution < 1.29 is 39.3 Å². The van der Waals surface area contributed by atoms with Gasteiger partial charge in [0, 0.05) is 0 Å². The molecule has 0 spiro atoms. The van der Waals surface area contributed by atoms with Gasteiger partial charge in [0.2, 0.25) is 11.6 Å². The molecule has 2 atom stereocenters. The van der Waals surface area contributed by atoms with Crippen molar-refractivity contribution in [2.45, 2.75) is 18.1 Å². The van der Waals surface area contributed by atoms with Crippen molar-refractivity contribution in [3.8, 4) is 0 Å². The van der Waals surface area contributed by atoms with E-state index in [1.165, 1.54) is 21.1 Å². The molecule has 0 heterocycles. The molecule has 0 radical (unpaired) electrons. The fourth-order valence-corrected chi connectivity index (χ4v) is 1.70. The van der Waals surface area contributed by atoms with Crippen molar-refractivity contribution in [1.29, 1.82) is 0 Å². The number of quaternary nitrogens is 1. The quantitative estimate of drug-likeness (QED) is 0.419. The third kappa shape index (κ3) is 3.40. The summed E-state index contributed by atoms with van der Waals surface area (Å²) in [5, 5.41) is 36.3. The van der Waals surface area contributed by atoms with Crippen LogP contribution in [0.1, 0.15) is 6.42 Å². The zero-order chi connectivity index (χ0) is 14.0. The van der Waals surface area contributed by atoms with E-state index in [2.05, 4.69) is 0 Å². The summed E-state index contributed by atoms with van der Waals surface area (Å²) in [5.41, 5.74) is -2.87. The molecule has 0 fully saturated rings. The number of rotatable bonds is 6. The normalized spacial score (nSPS) is 16.9. The molecule has 2 unspecified atom stereocenters. The molecule has 0 aromatic heterocycles. The second-order valence-electron chi connectivity index (χ2n) is 4.66. The van der Waals surface area contributed by atoms with Gasteiger partial charge < -0.3 is 24.9 Å². The topological polar surface area (TPSA) is 132 Å². The number of carboxylic acids is 3. The lowest BCUT2D eigenvalue weighted by Crippen LogP contribution is -2.66. The fraction of sp³-hybridized carbons (Fsp3) is 0.667. The molecule has 17 heavy (non-hydrogen) atoms. The van der Waals surface area contributed by atoms with Gasteiger partial charge in [-0.15, -0.1) is 0 Å². The summed E-state index contributed by atoms with van der Waals surface area (Å²) in [6, 6.07) is -1.80. The van der Waals surface area contributed by atoms with E-state index in [9.17, 15) is 19.5 Å². The van der Waals surface area contributed by atoms with E-state index in [4.69, 9.17) is 15.3 Å². The van der Waals surface area contributed by atoms with Crippen LogP contribution in [-0.2, 0) is 14.4 Å². The Labute approximate surface area is 97.3 Å². The van der Waals surface area contributed by atoms with Crippen LogP contribution in [0.15, 0.2) is 0 Å². The van der Waals surface area contributed by atoms with Crippen LogP contribution in [0.2, 0.25) is 0 Å². The highest BCUT2D eigenvalue weighted by atomic mass is 16.4. The first kappa shape index (κ1) is 15.3. The van der Waals surface area contributed by atoms with E-state index in [0.29, 0.717) is 0 Å². The Morgan fingerprint density at radius 1 is 1.12 bits per heavy atom. The molecular formula is C9H16NO7+. The second-order valence-corrected chi connectivity index (χ2v) is 4.66. The molecule has 0 bridgehead atoms. The van der Waals surface area contributed by atoms with Crippen LogP contribution in [0.3, 0.4) is 0 Å². The molecule has 0 aliphatic heterocycles. The molecule has 0 aliphatic rings. The Morgan fingerprint density at radius 3 is 1.71 bits per heavy atom. The summed E-state index contributed by atoms with van der Waals surface area (Å²) >= 11 is 0. The third-order valence-corrected chi connectivity index (χ3v) is 2.25. The zero-order valence-electron chi connectivity index (χ0n) is 9.75. The van der Waals surface area contributed by atoms with Crippen LogP contribution in [0.25, 0.3) is 0 Å². The maximum atomic E-state index is 11.0. The lowest BCUT2D eigenvalue weighted by Gasteiger charge is -2.38. The van der Waals surface area contributed by atoms with Crippen LogP contribution in [0.4, 0.5) is 0 Å². The summed E-state index contributed by atoms with van der Waals surface area (Å²) in [7, 11) is 4.07. The first-order chi connectivity index (χ1) is 7.43. The van der Waals surface area contributed by atoms with E-state index in [1.807, 2.05) is 0 Å². The van der Waals surface area contributed by atoms with Gasteiger partial charge >= 0.3 is 17.9 Å². The highest BCUT2D eigenvalue weighted by Crippen LogP contribution is 2.24. The standard InChI is InChI=1S/C9H15NO7/c1-10(2,3)6(7(13)14)9(17,8(15)16)4-5(11)12/h6,17H,4H2,1-3H3,(H2-,11,12,13,14,15,16)/p+1. The molecule has 0 aromatic rings. The molecule has 0 amide bonds. The molecular weight excluding hydrogens is 234 g/mol. The molecule has 0 aliphatic carbocycles. The predicted octanol–water partition coefficient (Wildman–Crippen LogP) is -1.56. The number of carbonyl (C=O) groups is 3. The van der Waals surface area contributed by atoms with Crippen LogP contribution in [0, 0.1) is 0 Å².